The van der Waals surface area contributed by atoms with Gasteiger partial charge in [0.25, 0.3) is 0 Å². The lowest BCUT2D eigenvalue weighted by Crippen LogP contribution is -1.58. The van der Waals surface area contributed by atoms with E-state index in [9.17, 15) is 4.57 Å². The first kappa shape index (κ1) is 5.49. The lowest BCUT2D eigenvalue weighted by Gasteiger charge is -1.62. The number of hydrogen-bond acceptors (Lipinski definition) is 2. The summed E-state index contributed by atoms with van der Waals surface area (Å²) in [5.41, 5.74) is 0. The molecule has 0 rings (SSSR count). The summed E-state index contributed by atoms with van der Waals surface area (Å²) >= 11 is 0. The highest BCUT2D eigenvalue weighted by Gasteiger charge is 1.77. The molecule has 0 aliphatic rings. The summed E-state index contributed by atoms with van der Waals surface area (Å²) in [6, 6.07) is 0. The third kappa shape index (κ3) is 4.49. The SMILES string of the molecule is O=[PH+]OCP. The molecule has 4 heteroatoms. The van der Waals surface area contributed by atoms with Gasteiger partial charge in [0.1, 0.15) is 6.35 Å². The van der Waals surface area contributed by atoms with E-state index in [0.29, 0.717) is 6.35 Å². The summed E-state index contributed by atoms with van der Waals surface area (Å²) in [5.74, 6) is 0. The van der Waals surface area contributed by atoms with Gasteiger partial charge in [0.15, 0.2) is 0 Å². The summed E-state index contributed by atoms with van der Waals surface area (Å²) < 4.78 is 13.6. The minimum atomic E-state index is -0.613. The van der Waals surface area contributed by atoms with Crippen LogP contribution in [-0.4, -0.2) is 6.35 Å². The largest absolute Gasteiger partial charge is 0.494 e. The third-order valence-corrected chi connectivity index (χ3v) is 0.927. The molecule has 0 saturated heterocycles. The zero-order chi connectivity index (χ0) is 4.12. The second-order valence-electron chi connectivity index (χ2n) is 0.394. The fraction of sp³-hybridized carbons (Fsp3) is 1.00. The van der Waals surface area contributed by atoms with Crippen LogP contribution in [0.15, 0.2) is 0 Å². The van der Waals surface area contributed by atoms with Gasteiger partial charge in [-0.3, -0.25) is 0 Å². The predicted octanol–water partition coefficient (Wildman–Crippen LogP) is 0.775. The van der Waals surface area contributed by atoms with Crippen molar-refractivity contribution in [2.75, 3.05) is 6.35 Å². The van der Waals surface area contributed by atoms with E-state index >= 15 is 0 Å². The monoisotopic (exact) mass is 111 g/mol. The van der Waals surface area contributed by atoms with Crippen molar-refractivity contribution in [1.82, 2.24) is 0 Å². The van der Waals surface area contributed by atoms with Crippen molar-refractivity contribution in [2.45, 2.75) is 0 Å². The maximum absolute atomic E-state index is 9.32. The van der Waals surface area contributed by atoms with Crippen molar-refractivity contribution in [3.8, 4) is 0 Å². The first-order valence-corrected chi connectivity index (χ1v) is 2.74. The van der Waals surface area contributed by atoms with Crippen LogP contribution in [0.5, 0.6) is 0 Å². The van der Waals surface area contributed by atoms with Gasteiger partial charge in [-0.15, -0.1) is 13.8 Å². The molecule has 2 nitrogen and oxygen atoms in total. The number of rotatable bonds is 2. The molecule has 0 aromatic heterocycles. The quantitative estimate of drug-likeness (QED) is 0.492. The van der Waals surface area contributed by atoms with Crippen LogP contribution in [0.4, 0.5) is 0 Å². The fourth-order valence-electron chi connectivity index (χ4n) is 0.0340. The van der Waals surface area contributed by atoms with Crippen molar-refractivity contribution in [3.05, 3.63) is 0 Å². The first-order valence-electron chi connectivity index (χ1n) is 1.11. The summed E-state index contributed by atoms with van der Waals surface area (Å²) in [4.78, 5) is 0. The zero-order valence-corrected chi connectivity index (χ0v) is 4.76. The highest BCUT2D eigenvalue weighted by atomic mass is 31.1. The molecule has 2 atom stereocenters. The molecule has 0 spiro atoms. The Kier molecular flexibility index (Phi) is 4.93. The summed E-state index contributed by atoms with van der Waals surface area (Å²) in [6.07, 6.45) is 0.460. The molecule has 0 radical (unpaired) electrons. The fourth-order valence-corrected chi connectivity index (χ4v) is 0.306. The predicted molar refractivity (Wildman–Crippen MR) is 24.7 cm³/mol. The van der Waals surface area contributed by atoms with Crippen LogP contribution in [0, 0.1) is 0 Å². The molecular weight excluding hydrogens is 106 g/mol. The molecular formula is CH5O2P2+. The van der Waals surface area contributed by atoms with E-state index in [1.54, 1.807) is 0 Å². The maximum Gasteiger partial charge on any atom is 0.494 e. The van der Waals surface area contributed by atoms with Crippen LogP contribution in [-0.2, 0) is 9.09 Å². The lowest BCUT2D eigenvalue weighted by atomic mass is 11.7. The van der Waals surface area contributed by atoms with Gasteiger partial charge in [0.05, 0.1) is 0 Å². The maximum atomic E-state index is 9.32. The van der Waals surface area contributed by atoms with Gasteiger partial charge in [-0.25, -0.2) is 0 Å². The average molecular weight is 111 g/mol. The lowest BCUT2D eigenvalue weighted by molar-refractivity contribution is 0.414. The molecule has 0 amide bonds. The highest BCUT2D eigenvalue weighted by molar-refractivity contribution is 7.20. The second-order valence-corrected chi connectivity index (χ2v) is 1.18. The minimum Gasteiger partial charge on any atom is -0.144 e. The molecule has 0 aliphatic carbocycles. The van der Waals surface area contributed by atoms with E-state index in [1.165, 1.54) is 0 Å². The normalized spacial score (nSPS) is 9.00. The Morgan fingerprint density at radius 2 is 2.60 bits per heavy atom. The topological polar surface area (TPSA) is 26.3 Å². The standard InChI is InChI=1S/CH5O2P2/c2-5-3-1-4/h5H,1,4H2/q+1. The van der Waals surface area contributed by atoms with Gasteiger partial charge in [0.2, 0.25) is 0 Å². The molecule has 0 heterocycles. The second kappa shape index (κ2) is 4.49. The van der Waals surface area contributed by atoms with E-state index in [0.717, 1.165) is 0 Å². The van der Waals surface area contributed by atoms with Crippen LogP contribution in [0.25, 0.3) is 0 Å². The van der Waals surface area contributed by atoms with Crippen LogP contribution >= 0.6 is 17.9 Å². The van der Waals surface area contributed by atoms with E-state index < -0.39 is 8.69 Å². The molecule has 2 unspecified atom stereocenters. The Hall–Kier alpha value is 0.490. The zero-order valence-electron chi connectivity index (χ0n) is 2.60. The smallest absolute Gasteiger partial charge is 0.144 e. The van der Waals surface area contributed by atoms with Gasteiger partial charge in [0, 0.05) is 0 Å². The van der Waals surface area contributed by atoms with Gasteiger partial charge < -0.3 is 0 Å². The Morgan fingerprint density at radius 3 is 2.60 bits per heavy atom. The molecule has 0 N–H and O–H groups in total. The summed E-state index contributed by atoms with van der Waals surface area (Å²) in [5, 5.41) is 0. The van der Waals surface area contributed by atoms with Crippen molar-refractivity contribution >= 4 is 17.9 Å². The van der Waals surface area contributed by atoms with E-state index in [4.69, 9.17) is 0 Å². The minimum absolute atomic E-state index is 0.460. The Bertz CT molecular complexity index is 28.8. The molecule has 5 heavy (non-hydrogen) atoms. The average Bonchev–Trinajstić information content (AvgIpc) is 1.41. The van der Waals surface area contributed by atoms with Crippen molar-refractivity contribution < 1.29 is 9.09 Å². The Labute approximate surface area is 34.4 Å². The molecule has 0 bridgehead atoms. The summed E-state index contributed by atoms with van der Waals surface area (Å²) in [6.45, 7) is 0. The van der Waals surface area contributed by atoms with Gasteiger partial charge in [-0.05, 0) is 4.57 Å². The highest BCUT2D eigenvalue weighted by Crippen LogP contribution is 1.94. The van der Waals surface area contributed by atoms with Gasteiger partial charge in [-0.1, -0.05) is 0 Å². The van der Waals surface area contributed by atoms with Crippen LogP contribution in [0.3, 0.4) is 0 Å². The first-order chi connectivity index (χ1) is 2.41. The van der Waals surface area contributed by atoms with Crippen LogP contribution in [0.2, 0.25) is 0 Å². The van der Waals surface area contributed by atoms with Gasteiger partial charge >= 0.3 is 8.69 Å². The molecule has 0 aromatic rings. The van der Waals surface area contributed by atoms with Crippen molar-refractivity contribution in [1.29, 1.82) is 0 Å². The van der Waals surface area contributed by atoms with E-state index in [1.807, 2.05) is 0 Å². The Morgan fingerprint density at radius 1 is 2.00 bits per heavy atom. The van der Waals surface area contributed by atoms with Crippen molar-refractivity contribution in [3.63, 3.8) is 0 Å². The summed E-state index contributed by atoms with van der Waals surface area (Å²) in [7, 11) is 1.67. The van der Waals surface area contributed by atoms with E-state index in [2.05, 4.69) is 13.8 Å². The number of hydrogen-bond donors (Lipinski definition) is 0. The molecule has 0 fully saturated rings. The van der Waals surface area contributed by atoms with Crippen molar-refractivity contribution in [2.24, 2.45) is 0 Å². The van der Waals surface area contributed by atoms with Crippen LogP contribution in [0.1, 0.15) is 0 Å². The third-order valence-electron chi connectivity index (χ3n) is 0.142. The molecule has 0 aromatic carbocycles. The molecule has 30 valence electrons. The van der Waals surface area contributed by atoms with Gasteiger partial charge in [-0.2, -0.15) is 0 Å². The molecule has 0 saturated carbocycles. The Balaban J connectivity index is 2.40. The molecule has 0 aliphatic heterocycles. The van der Waals surface area contributed by atoms with E-state index in [-0.39, 0.29) is 0 Å². The van der Waals surface area contributed by atoms with Crippen LogP contribution < -0.4 is 0 Å².